The Bertz CT molecular complexity index is 2650. The van der Waals surface area contributed by atoms with Gasteiger partial charge >= 0.3 is 0 Å². The number of hydrogen-bond acceptors (Lipinski definition) is 1. The molecular weight excluding hydrogens is 573 g/mol. The lowest BCUT2D eigenvalue weighted by molar-refractivity contribution is 0.666. The summed E-state index contributed by atoms with van der Waals surface area (Å²) in [5.74, 6) is 0. The summed E-state index contributed by atoms with van der Waals surface area (Å²) in [6.45, 7) is 4.82. The zero-order valence-corrected chi connectivity index (χ0v) is 26.6. The van der Waals surface area contributed by atoms with Crippen molar-refractivity contribution in [2.75, 3.05) is 0 Å². The second-order valence-electron chi connectivity index (χ2n) is 13.2. The third kappa shape index (κ3) is 3.44. The van der Waals surface area contributed by atoms with Crippen LogP contribution in [0.2, 0.25) is 0 Å². The number of benzene rings is 8. The van der Waals surface area contributed by atoms with Crippen molar-refractivity contribution in [3.63, 3.8) is 0 Å². The minimum atomic E-state index is -0.103. The average Bonchev–Trinajstić information content (AvgIpc) is 3.57. The van der Waals surface area contributed by atoms with Crippen LogP contribution in [0.25, 0.3) is 85.9 Å². The molecule has 9 aromatic rings. The van der Waals surface area contributed by atoms with E-state index in [4.69, 9.17) is 0 Å². The normalized spacial score (nSPS) is 13.6. The second kappa shape index (κ2) is 9.39. The maximum atomic E-state index is 2.53. The summed E-state index contributed by atoms with van der Waals surface area (Å²) in [5, 5.41) is 10.6. The van der Waals surface area contributed by atoms with Gasteiger partial charge in [0.25, 0.3) is 0 Å². The summed E-state index contributed by atoms with van der Waals surface area (Å²) < 4.78 is 2.70. The van der Waals surface area contributed by atoms with Crippen LogP contribution < -0.4 is 0 Å². The molecule has 10 rings (SSSR count). The van der Waals surface area contributed by atoms with E-state index in [1.54, 1.807) is 0 Å². The Morgan fingerprint density at radius 1 is 0.391 bits per heavy atom. The first-order chi connectivity index (χ1) is 22.6. The van der Waals surface area contributed by atoms with Gasteiger partial charge in [-0.1, -0.05) is 135 Å². The first-order valence-electron chi connectivity index (χ1n) is 16.1. The van der Waals surface area contributed by atoms with E-state index in [0.29, 0.717) is 0 Å². The van der Waals surface area contributed by atoms with E-state index >= 15 is 0 Å². The van der Waals surface area contributed by atoms with Crippen molar-refractivity contribution in [3.8, 4) is 33.4 Å². The maximum Gasteiger partial charge on any atom is 0.0361 e. The molecule has 0 N–H and O–H groups in total. The molecule has 0 atom stereocenters. The molecule has 0 bridgehead atoms. The van der Waals surface area contributed by atoms with Crippen LogP contribution >= 0.6 is 11.3 Å². The van der Waals surface area contributed by atoms with Crippen LogP contribution in [-0.2, 0) is 5.41 Å². The highest BCUT2D eigenvalue weighted by atomic mass is 32.1. The molecule has 1 heteroatoms. The quantitative estimate of drug-likeness (QED) is 0.173. The second-order valence-corrected chi connectivity index (χ2v) is 14.3. The fraction of sp³-hybridized carbons (Fsp3) is 0.0667. The van der Waals surface area contributed by atoms with Crippen molar-refractivity contribution in [1.82, 2.24) is 0 Å². The lowest BCUT2D eigenvalue weighted by Crippen LogP contribution is -2.15. The van der Waals surface area contributed by atoms with Gasteiger partial charge in [-0.25, -0.2) is 0 Å². The fourth-order valence-corrected chi connectivity index (χ4v) is 9.59. The van der Waals surface area contributed by atoms with Gasteiger partial charge in [0.2, 0.25) is 0 Å². The largest absolute Gasteiger partial charge is 0.135 e. The zero-order chi connectivity index (χ0) is 30.6. The van der Waals surface area contributed by atoms with E-state index in [1.807, 2.05) is 11.3 Å². The number of fused-ring (bicyclic) bond motifs is 10. The smallest absolute Gasteiger partial charge is 0.0361 e. The Hall–Kier alpha value is -5.24. The molecule has 1 aliphatic rings. The van der Waals surface area contributed by atoms with Crippen LogP contribution in [0.15, 0.2) is 146 Å². The van der Waals surface area contributed by atoms with Gasteiger partial charge in [-0.3, -0.25) is 0 Å². The summed E-state index contributed by atoms with van der Waals surface area (Å²) in [6, 6.07) is 54.4. The van der Waals surface area contributed by atoms with E-state index in [2.05, 4.69) is 159 Å². The lowest BCUT2D eigenvalue weighted by Gasteiger charge is -2.25. The lowest BCUT2D eigenvalue weighted by atomic mass is 9.78. The van der Waals surface area contributed by atoms with Gasteiger partial charge in [0.1, 0.15) is 0 Å². The number of hydrogen-bond donors (Lipinski definition) is 0. The highest BCUT2D eigenvalue weighted by Crippen LogP contribution is 2.55. The van der Waals surface area contributed by atoms with Crippen molar-refractivity contribution < 1.29 is 0 Å². The molecule has 0 spiro atoms. The van der Waals surface area contributed by atoms with E-state index in [0.717, 1.165) is 0 Å². The van der Waals surface area contributed by atoms with E-state index < -0.39 is 0 Å². The van der Waals surface area contributed by atoms with Gasteiger partial charge in [-0.2, -0.15) is 0 Å². The highest BCUT2D eigenvalue weighted by molar-refractivity contribution is 7.25. The van der Waals surface area contributed by atoms with Crippen molar-refractivity contribution in [2.24, 2.45) is 0 Å². The van der Waals surface area contributed by atoms with Crippen LogP contribution in [0, 0.1) is 0 Å². The van der Waals surface area contributed by atoms with Gasteiger partial charge in [0, 0.05) is 25.6 Å². The highest BCUT2D eigenvalue weighted by Gasteiger charge is 2.38. The predicted molar refractivity (Wildman–Crippen MR) is 200 cm³/mol. The van der Waals surface area contributed by atoms with Crippen LogP contribution in [0.4, 0.5) is 0 Å². The summed E-state index contributed by atoms with van der Waals surface area (Å²) in [4.78, 5) is 0. The third-order valence-electron chi connectivity index (χ3n) is 10.4. The Kier molecular flexibility index (Phi) is 5.31. The van der Waals surface area contributed by atoms with Crippen LogP contribution in [0.5, 0.6) is 0 Å². The fourth-order valence-electron chi connectivity index (χ4n) is 8.47. The van der Waals surface area contributed by atoms with Gasteiger partial charge in [-0.05, 0) is 101 Å². The first kappa shape index (κ1) is 26.0. The summed E-state index contributed by atoms with van der Waals surface area (Å²) in [7, 11) is 0. The van der Waals surface area contributed by atoms with Crippen LogP contribution in [0.1, 0.15) is 25.0 Å². The maximum absolute atomic E-state index is 2.53. The summed E-state index contributed by atoms with van der Waals surface area (Å²) >= 11 is 1.91. The molecule has 0 saturated carbocycles. The van der Waals surface area contributed by atoms with Crippen LogP contribution in [0.3, 0.4) is 0 Å². The number of thiophene rings is 1. The molecule has 0 radical (unpaired) electrons. The minimum Gasteiger partial charge on any atom is -0.135 e. The van der Waals surface area contributed by atoms with E-state index in [9.17, 15) is 0 Å². The molecule has 8 aromatic carbocycles. The van der Waals surface area contributed by atoms with Crippen molar-refractivity contribution in [3.05, 3.63) is 157 Å². The molecule has 216 valence electrons. The molecule has 1 aliphatic carbocycles. The molecule has 1 heterocycles. The Morgan fingerprint density at radius 2 is 0.978 bits per heavy atom. The molecule has 0 aliphatic heterocycles. The molecule has 0 nitrogen and oxygen atoms in total. The standard InChI is InChI=1S/C45H30S/c1-45(2)39-22-12-10-16-28(39)37-25-36(34-24-35-29-17-11-13-23-40(29)46-41(35)26-38(34)44(37)45)43-32-20-8-6-18-30(32)42(27-14-4-3-5-15-27)31-19-7-9-21-33(31)43/h3-26H,1-2H3. The molecule has 0 fully saturated rings. The SMILES string of the molecule is CC1(C)c2ccccc2-c2cc(-c3c4ccccc4c(-c4ccccc4)c4ccccc34)c3cc4c(cc3c21)sc1ccccc14. The number of rotatable bonds is 2. The van der Waals surface area contributed by atoms with Crippen molar-refractivity contribution >= 4 is 63.8 Å². The van der Waals surface area contributed by atoms with Gasteiger partial charge in [-0.15, -0.1) is 11.3 Å². The third-order valence-corrected chi connectivity index (χ3v) is 11.5. The Balaban J connectivity index is 1.44. The summed E-state index contributed by atoms with van der Waals surface area (Å²) in [6.07, 6.45) is 0. The van der Waals surface area contributed by atoms with Crippen molar-refractivity contribution in [1.29, 1.82) is 0 Å². The monoisotopic (exact) mass is 602 g/mol. The Labute approximate surface area is 272 Å². The molecule has 0 amide bonds. The van der Waals surface area contributed by atoms with Crippen LogP contribution in [-0.4, -0.2) is 0 Å². The first-order valence-corrected chi connectivity index (χ1v) is 16.9. The van der Waals surface area contributed by atoms with E-state index in [-0.39, 0.29) is 5.41 Å². The molecular formula is C45H30S. The van der Waals surface area contributed by atoms with Gasteiger partial charge in [0.05, 0.1) is 0 Å². The van der Waals surface area contributed by atoms with Crippen molar-refractivity contribution in [2.45, 2.75) is 19.3 Å². The summed E-state index contributed by atoms with van der Waals surface area (Å²) in [5.41, 5.74) is 10.7. The average molecular weight is 603 g/mol. The minimum absolute atomic E-state index is 0.103. The molecule has 46 heavy (non-hydrogen) atoms. The molecule has 0 unspecified atom stereocenters. The zero-order valence-electron chi connectivity index (χ0n) is 25.8. The Morgan fingerprint density at radius 3 is 1.70 bits per heavy atom. The van der Waals surface area contributed by atoms with E-state index in [1.165, 1.54) is 97.0 Å². The molecule has 1 aromatic heterocycles. The topological polar surface area (TPSA) is 0 Å². The van der Waals surface area contributed by atoms with Gasteiger partial charge in [0.15, 0.2) is 0 Å². The predicted octanol–water partition coefficient (Wildman–Crippen LogP) is 13.2. The van der Waals surface area contributed by atoms with Gasteiger partial charge < -0.3 is 0 Å². The molecule has 0 saturated heterocycles.